The molecule has 7 fully saturated rings. The van der Waals surface area contributed by atoms with Crippen molar-refractivity contribution >= 4 is 11.9 Å². The van der Waals surface area contributed by atoms with Gasteiger partial charge in [0.25, 0.3) is 0 Å². The third-order valence-electron chi connectivity index (χ3n) is 18.7. The van der Waals surface area contributed by atoms with E-state index < -0.39 is 175 Å². The summed E-state index contributed by atoms with van der Waals surface area (Å²) in [6.45, 7) is 9.91. The Labute approximate surface area is 393 Å². The van der Waals surface area contributed by atoms with E-state index in [1.54, 1.807) is 0 Å². The number of rotatable bonds is 9. The van der Waals surface area contributed by atoms with Gasteiger partial charge in [-0.2, -0.15) is 0 Å². The number of ether oxygens (including phenoxy) is 6. The van der Waals surface area contributed by atoms with E-state index in [2.05, 4.69) is 26.5 Å². The lowest BCUT2D eigenvalue weighted by molar-refractivity contribution is -0.344. The van der Waals surface area contributed by atoms with Crippen molar-refractivity contribution in [3.8, 4) is 0 Å². The molecule has 386 valence electrons. The molecule has 0 bridgehead atoms. The average molecular weight is 973 g/mol. The van der Waals surface area contributed by atoms with Crippen LogP contribution in [0.1, 0.15) is 85.5 Å². The number of aliphatic hydroxyl groups excluding tert-OH is 13. The second-order valence-electron chi connectivity index (χ2n) is 22.0. The molecule has 8 aliphatic rings. The summed E-state index contributed by atoms with van der Waals surface area (Å²) in [5.74, 6) is -3.05. The van der Waals surface area contributed by atoms with Crippen LogP contribution in [0.4, 0.5) is 0 Å². The smallest absolute Gasteiger partial charge is 0.317 e. The molecule has 68 heavy (non-hydrogen) atoms. The molecule has 4 saturated carbocycles. The second-order valence-corrected chi connectivity index (χ2v) is 22.0. The van der Waals surface area contributed by atoms with Gasteiger partial charge in [-0.25, -0.2) is 0 Å². The maximum atomic E-state index is 15.1. The van der Waals surface area contributed by atoms with Crippen LogP contribution in [0.3, 0.4) is 0 Å². The van der Waals surface area contributed by atoms with Crippen LogP contribution in [-0.4, -0.2) is 202 Å². The molecule has 21 nitrogen and oxygen atoms in total. The minimum atomic E-state index is -1.97. The Balaban J connectivity index is 1.14. The summed E-state index contributed by atoms with van der Waals surface area (Å²) in [7, 11) is 0. The first-order valence-corrected chi connectivity index (χ1v) is 23.9. The molecule has 0 spiro atoms. The first-order chi connectivity index (χ1) is 31.9. The lowest BCUT2D eigenvalue weighted by Crippen LogP contribution is -2.71. The van der Waals surface area contributed by atoms with Crippen molar-refractivity contribution in [3.63, 3.8) is 0 Å². The Hall–Kier alpha value is -2.26. The van der Waals surface area contributed by atoms with E-state index in [9.17, 15) is 71.2 Å². The molecule has 3 heterocycles. The molecule has 8 rings (SSSR count). The molecule has 0 aromatic heterocycles. The van der Waals surface area contributed by atoms with Crippen molar-refractivity contribution in [1.82, 2.24) is 0 Å². The van der Waals surface area contributed by atoms with E-state index in [0.717, 1.165) is 11.1 Å². The summed E-state index contributed by atoms with van der Waals surface area (Å²) in [5, 5.41) is 138. The molecule has 0 aromatic carbocycles. The molecule has 21 heteroatoms. The number of fused-ring (bicyclic) bond motifs is 7. The number of carbonyl (C=O) groups excluding carboxylic acids is 2. The monoisotopic (exact) mass is 972 g/mol. The highest BCUT2D eigenvalue weighted by Crippen LogP contribution is 2.76. The SMILES string of the molecule is C=C1CC[C@]2(C(=O)O[C@@H]3O[C@H](CO)[C@@H](O)[C@H](O)[C@H]3O)CC[C@]3(C)C(=CC[C@@H]4[C@@]5(C)C[C@H](O)[C@H](O[C@@H]6O[C@H](CO)[C@@H](O)[C@H](O)[C@H]6O)[C@@](C)(C(=O)O[C@@H]6O[C@H](CO)[C@@H](O)[C@H](O)[C@H]6O)[C@@H]5CC[C@]43C)[C@@H]2C1. The van der Waals surface area contributed by atoms with Crippen LogP contribution in [-0.2, 0) is 38.0 Å². The molecular formula is C47H72O21. The number of hydrogen-bond acceptors (Lipinski definition) is 21. The summed E-state index contributed by atoms with van der Waals surface area (Å²) in [6, 6.07) is 0. The van der Waals surface area contributed by atoms with Gasteiger partial charge in [0.15, 0.2) is 6.29 Å². The van der Waals surface area contributed by atoms with Gasteiger partial charge in [0.1, 0.15) is 79.4 Å². The fourth-order valence-electron chi connectivity index (χ4n) is 14.6. The van der Waals surface area contributed by atoms with Crippen molar-refractivity contribution in [2.45, 2.75) is 190 Å². The van der Waals surface area contributed by atoms with Crippen LogP contribution in [0, 0.1) is 44.8 Å². The van der Waals surface area contributed by atoms with E-state index in [1.165, 1.54) is 6.92 Å². The Kier molecular flexibility index (Phi) is 14.3. The summed E-state index contributed by atoms with van der Waals surface area (Å²) >= 11 is 0. The fraction of sp³-hybridized carbons (Fsp3) is 0.872. The standard InChI is InChI=1S/C47H72O21/c1-19-8-11-47(42(62)68-40-36(60)33(57)30(54)25(18-50)65-40)13-12-44(3)20(21(47)14-19)6-7-26-43(2)15-22(51)37(66-38-34(58)31(55)28(52)23(16-48)63-38)46(5,27(43)9-10-45(26,44)4)41(61)67-39-35(59)32(56)29(53)24(17-49)64-39/h6,21-40,48-60H,1,7-18H2,2-5H3/t21-,22-,23+,24+,25+,26+,27+,28+,29+,30+,31-,32-,33-,34+,35+,36+,37-,38-,39-,40-,43+,44+,45+,46-,47-/m0/s1. The van der Waals surface area contributed by atoms with Gasteiger partial charge in [-0.3, -0.25) is 9.59 Å². The average Bonchev–Trinajstić information content (AvgIpc) is 3.30. The topological polar surface area (TPSA) is 353 Å². The zero-order valence-corrected chi connectivity index (χ0v) is 38.9. The highest BCUT2D eigenvalue weighted by atomic mass is 16.7. The first kappa shape index (κ1) is 52.1. The summed E-state index contributed by atoms with van der Waals surface area (Å²) < 4.78 is 35.0. The Bertz CT molecular complexity index is 1930. The van der Waals surface area contributed by atoms with Gasteiger partial charge >= 0.3 is 11.9 Å². The maximum absolute atomic E-state index is 15.1. The Morgan fingerprint density at radius 1 is 0.647 bits per heavy atom. The van der Waals surface area contributed by atoms with E-state index >= 15 is 4.79 Å². The third kappa shape index (κ3) is 7.77. The van der Waals surface area contributed by atoms with E-state index in [1.807, 2.05) is 6.92 Å². The van der Waals surface area contributed by atoms with Crippen molar-refractivity contribution in [2.75, 3.05) is 19.8 Å². The van der Waals surface area contributed by atoms with Crippen molar-refractivity contribution in [3.05, 3.63) is 23.8 Å². The van der Waals surface area contributed by atoms with Crippen LogP contribution >= 0.6 is 0 Å². The van der Waals surface area contributed by atoms with Gasteiger partial charge < -0.3 is 94.8 Å². The molecular weight excluding hydrogens is 900 g/mol. The lowest BCUT2D eigenvalue weighted by Gasteiger charge is -2.71. The van der Waals surface area contributed by atoms with E-state index in [4.69, 9.17) is 28.4 Å². The number of hydrogen-bond donors (Lipinski definition) is 13. The predicted molar refractivity (Wildman–Crippen MR) is 228 cm³/mol. The molecule has 3 saturated heterocycles. The van der Waals surface area contributed by atoms with Crippen molar-refractivity contribution in [2.24, 2.45) is 44.8 Å². The third-order valence-corrected chi connectivity index (χ3v) is 18.7. The van der Waals surface area contributed by atoms with Gasteiger partial charge in [0.05, 0.1) is 36.8 Å². The highest BCUT2D eigenvalue weighted by Gasteiger charge is 2.73. The number of carbonyl (C=O) groups is 2. The van der Waals surface area contributed by atoms with Gasteiger partial charge in [-0.05, 0) is 92.8 Å². The molecule has 0 radical (unpaired) electrons. The molecule has 0 unspecified atom stereocenters. The van der Waals surface area contributed by atoms with E-state index in [-0.39, 0.29) is 12.3 Å². The second kappa shape index (κ2) is 18.7. The minimum Gasteiger partial charge on any atom is -0.432 e. The first-order valence-electron chi connectivity index (χ1n) is 23.9. The van der Waals surface area contributed by atoms with Gasteiger partial charge in [0, 0.05) is 5.92 Å². The van der Waals surface area contributed by atoms with Crippen LogP contribution < -0.4 is 0 Å². The Morgan fingerprint density at radius 3 is 1.68 bits per heavy atom. The maximum Gasteiger partial charge on any atom is 0.317 e. The summed E-state index contributed by atoms with van der Waals surface area (Å²) in [5.41, 5.74) is -3.06. The van der Waals surface area contributed by atoms with Crippen LogP contribution in [0.25, 0.3) is 0 Å². The van der Waals surface area contributed by atoms with Gasteiger partial charge in [0.2, 0.25) is 12.6 Å². The quantitative estimate of drug-likeness (QED) is 0.0628. The molecule has 3 aliphatic heterocycles. The van der Waals surface area contributed by atoms with Crippen LogP contribution in [0.2, 0.25) is 0 Å². The van der Waals surface area contributed by atoms with Gasteiger partial charge in [-0.15, -0.1) is 0 Å². The number of esters is 2. The fourth-order valence-corrected chi connectivity index (χ4v) is 14.6. The van der Waals surface area contributed by atoms with Gasteiger partial charge in [-0.1, -0.05) is 44.6 Å². The van der Waals surface area contributed by atoms with Crippen LogP contribution in [0.5, 0.6) is 0 Å². The normalized spacial score (nSPS) is 53.7. The number of aliphatic hydroxyl groups is 13. The van der Waals surface area contributed by atoms with Crippen molar-refractivity contribution < 1.29 is 104 Å². The summed E-state index contributed by atoms with van der Waals surface area (Å²) in [6.07, 6.45) is -23.1. The zero-order valence-electron chi connectivity index (χ0n) is 38.9. The molecule has 5 aliphatic carbocycles. The van der Waals surface area contributed by atoms with Crippen LogP contribution in [0.15, 0.2) is 23.8 Å². The minimum absolute atomic E-state index is 0.0395. The molecule has 25 atom stereocenters. The van der Waals surface area contributed by atoms with E-state index in [0.29, 0.717) is 51.4 Å². The summed E-state index contributed by atoms with van der Waals surface area (Å²) in [4.78, 5) is 29.7. The predicted octanol–water partition coefficient (Wildman–Crippen LogP) is -2.86. The lowest BCUT2D eigenvalue weighted by atomic mass is 9.33. The molecule has 0 aromatic rings. The molecule has 13 N–H and O–H groups in total. The molecule has 0 amide bonds. The number of allylic oxidation sites excluding steroid dienone is 3. The zero-order chi connectivity index (χ0) is 49.8. The highest BCUT2D eigenvalue weighted by molar-refractivity contribution is 5.80. The Morgan fingerprint density at radius 2 is 1.15 bits per heavy atom. The largest absolute Gasteiger partial charge is 0.432 e. The van der Waals surface area contributed by atoms with Crippen molar-refractivity contribution in [1.29, 1.82) is 0 Å².